The quantitative estimate of drug-likeness (QED) is 0.623. The first-order chi connectivity index (χ1) is 7.86. The maximum atomic E-state index is 9.78. The van der Waals surface area contributed by atoms with Crippen LogP contribution in [-0.4, -0.2) is 62.6 Å². The summed E-state index contributed by atoms with van der Waals surface area (Å²) in [5, 5.41) is 8.43. The summed E-state index contributed by atoms with van der Waals surface area (Å²) >= 11 is 0. The summed E-state index contributed by atoms with van der Waals surface area (Å²) in [6.07, 6.45) is 0. The van der Waals surface area contributed by atoms with Gasteiger partial charge in [-0.3, -0.25) is 10.0 Å². The van der Waals surface area contributed by atoms with E-state index in [2.05, 4.69) is 10.6 Å². The molecular weight excluding hydrogens is 216 g/mol. The summed E-state index contributed by atoms with van der Waals surface area (Å²) in [6.45, 7) is 5.09. The molecule has 0 bridgehead atoms. The average molecular weight is 232 g/mol. The summed E-state index contributed by atoms with van der Waals surface area (Å²) in [5.74, 6) is 0. The number of hydrogen-bond donors (Lipinski definition) is 0. The molecule has 0 N–H and O–H groups in total. The molecule has 16 heavy (non-hydrogen) atoms. The van der Waals surface area contributed by atoms with Gasteiger partial charge in [0.1, 0.15) is 0 Å². The maximum Gasteiger partial charge on any atom is 0.0660 e. The normalized spacial score (nSPS) is 20.8. The van der Waals surface area contributed by atoms with E-state index in [1.807, 2.05) is 0 Å². The van der Waals surface area contributed by atoms with Crippen molar-refractivity contribution in [3.05, 3.63) is 9.81 Å². The van der Waals surface area contributed by atoms with Crippen LogP contribution in [0.4, 0.5) is 0 Å². The van der Waals surface area contributed by atoms with Gasteiger partial charge in [-0.05, 0) is 0 Å². The summed E-state index contributed by atoms with van der Waals surface area (Å²) in [6, 6.07) is 0. The molecule has 0 aliphatic carbocycles. The first kappa shape index (κ1) is 12.8. The van der Waals surface area contributed by atoms with Gasteiger partial charge >= 0.3 is 0 Å². The Morgan fingerprint density at radius 1 is 0.688 bits per heavy atom. The number of nitroso groups, excluding NO2 is 2. The van der Waals surface area contributed by atoms with Crippen LogP contribution in [0, 0.1) is 9.81 Å². The molecule has 0 saturated carbocycles. The number of nitrogens with zero attached hydrogens (tertiary/aromatic N) is 4. The molecule has 0 atom stereocenters. The van der Waals surface area contributed by atoms with Gasteiger partial charge in [0.25, 0.3) is 0 Å². The van der Waals surface area contributed by atoms with Crippen LogP contribution in [0.5, 0.6) is 0 Å². The van der Waals surface area contributed by atoms with Gasteiger partial charge in [0.15, 0.2) is 0 Å². The molecule has 0 amide bonds. The van der Waals surface area contributed by atoms with Crippen LogP contribution in [-0.2, 0) is 9.47 Å². The molecule has 92 valence electrons. The molecule has 0 aromatic heterocycles. The molecule has 2 heterocycles. The summed E-state index contributed by atoms with van der Waals surface area (Å²) in [5.41, 5.74) is 0. The van der Waals surface area contributed by atoms with E-state index in [4.69, 9.17) is 9.47 Å². The number of hydrogen-bond acceptors (Lipinski definition) is 6. The molecule has 0 radical (unpaired) electrons. The second-order valence-corrected chi connectivity index (χ2v) is 3.30. The second kappa shape index (κ2) is 7.94. The summed E-state index contributed by atoms with van der Waals surface area (Å²) in [4.78, 5) is 19.6. The van der Waals surface area contributed by atoms with Crippen LogP contribution in [0.15, 0.2) is 10.6 Å². The lowest BCUT2D eigenvalue weighted by atomic mass is 10.5. The molecule has 8 heteroatoms. The standard InChI is InChI=1S/2C4H8N2O2/c2*7-5-6-1-3-8-4-2-6/h2*1-4H2. The van der Waals surface area contributed by atoms with Gasteiger partial charge in [0.05, 0.1) is 63.2 Å². The van der Waals surface area contributed by atoms with Crippen molar-refractivity contribution < 1.29 is 9.47 Å². The average Bonchev–Trinajstić information content (AvgIpc) is 2.41. The van der Waals surface area contributed by atoms with Crippen molar-refractivity contribution in [1.82, 2.24) is 10.0 Å². The van der Waals surface area contributed by atoms with Crippen LogP contribution in [0.25, 0.3) is 0 Å². The van der Waals surface area contributed by atoms with E-state index in [9.17, 15) is 9.81 Å². The highest BCUT2D eigenvalue weighted by atomic mass is 16.5. The largest absolute Gasteiger partial charge is 0.378 e. The Labute approximate surface area is 93.4 Å². The van der Waals surface area contributed by atoms with Crippen molar-refractivity contribution in [2.45, 2.75) is 0 Å². The molecule has 8 nitrogen and oxygen atoms in total. The maximum absolute atomic E-state index is 9.78. The van der Waals surface area contributed by atoms with Crippen LogP contribution in [0.3, 0.4) is 0 Å². The monoisotopic (exact) mass is 232 g/mol. The van der Waals surface area contributed by atoms with Gasteiger partial charge in [-0.25, -0.2) is 0 Å². The van der Waals surface area contributed by atoms with Gasteiger partial charge < -0.3 is 9.47 Å². The van der Waals surface area contributed by atoms with Crippen LogP contribution in [0.1, 0.15) is 0 Å². The molecule has 0 spiro atoms. The summed E-state index contributed by atoms with van der Waals surface area (Å²) < 4.78 is 9.92. The van der Waals surface area contributed by atoms with Gasteiger partial charge in [0, 0.05) is 0 Å². The smallest absolute Gasteiger partial charge is 0.0660 e. The zero-order valence-electron chi connectivity index (χ0n) is 9.08. The number of morpholine rings is 2. The lowest BCUT2D eigenvalue weighted by Gasteiger charge is -2.19. The summed E-state index contributed by atoms with van der Waals surface area (Å²) in [7, 11) is 0. The van der Waals surface area contributed by atoms with Crippen molar-refractivity contribution >= 4 is 0 Å². The minimum absolute atomic E-state index is 0.631. The first-order valence-corrected chi connectivity index (χ1v) is 5.18. The zero-order chi connectivity index (χ0) is 11.6. The van der Waals surface area contributed by atoms with Crippen LogP contribution >= 0.6 is 0 Å². The Balaban J connectivity index is 0.000000160. The van der Waals surface area contributed by atoms with Gasteiger partial charge in [0.2, 0.25) is 0 Å². The van der Waals surface area contributed by atoms with E-state index in [0.29, 0.717) is 52.6 Å². The topological polar surface area (TPSA) is 83.8 Å². The molecule has 2 saturated heterocycles. The molecule has 2 fully saturated rings. The molecule has 2 aliphatic rings. The third-order valence-electron chi connectivity index (χ3n) is 2.21. The highest BCUT2D eigenvalue weighted by Gasteiger charge is 2.07. The minimum atomic E-state index is 0.631. The van der Waals surface area contributed by atoms with Crippen LogP contribution in [0.2, 0.25) is 0 Å². The van der Waals surface area contributed by atoms with E-state index in [-0.39, 0.29) is 0 Å². The fourth-order valence-corrected chi connectivity index (χ4v) is 1.27. The van der Waals surface area contributed by atoms with Crippen LogP contribution < -0.4 is 0 Å². The van der Waals surface area contributed by atoms with Gasteiger partial charge in [-0.1, -0.05) is 0 Å². The third-order valence-corrected chi connectivity index (χ3v) is 2.21. The number of rotatable bonds is 2. The number of ether oxygens (including phenoxy) is 2. The van der Waals surface area contributed by atoms with Crippen molar-refractivity contribution in [2.24, 2.45) is 10.6 Å². The highest BCUT2D eigenvalue weighted by molar-refractivity contribution is 4.55. The molecular formula is C8H16N4O4. The zero-order valence-corrected chi connectivity index (χ0v) is 9.08. The van der Waals surface area contributed by atoms with Gasteiger partial charge in [-0.15, -0.1) is 9.81 Å². The van der Waals surface area contributed by atoms with E-state index in [0.717, 1.165) is 0 Å². The van der Waals surface area contributed by atoms with Gasteiger partial charge in [-0.2, -0.15) is 0 Å². The SMILES string of the molecule is O=NN1CCOCC1.O=NN1CCOCC1. The second-order valence-electron chi connectivity index (χ2n) is 3.30. The molecule has 0 aromatic rings. The van der Waals surface area contributed by atoms with Crippen molar-refractivity contribution in [2.75, 3.05) is 52.6 Å². The highest BCUT2D eigenvalue weighted by Crippen LogP contribution is 1.95. The minimum Gasteiger partial charge on any atom is -0.378 e. The van der Waals surface area contributed by atoms with E-state index >= 15 is 0 Å². The fourth-order valence-electron chi connectivity index (χ4n) is 1.27. The van der Waals surface area contributed by atoms with Crippen molar-refractivity contribution in [1.29, 1.82) is 0 Å². The Hall–Kier alpha value is -1.28. The lowest BCUT2D eigenvalue weighted by Crippen LogP contribution is -2.31. The lowest BCUT2D eigenvalue weighted by molar-refractivity contribution is 0.0382. The Kier molecular flexibility index (Phi) is 6.35. The van der Waals surface area contributed by atoms with E-state index < -0.39 is 0 Å². The third kappa shape index (κ3) is 4.99. The molecule has 2 rings (SSSR count). The predicted molar refractivity (Wildman–Crippen MR) is 56.4 cm³/mol. The predicted octanol–water partition coefficient (Wildman–Crippen LogP) is 0. The Morgan fingerprint density at radius 2 is 1.00 bits per heavy atom. The first-order valence-electron chi connectivity index (χ1n) is 5.18. The fraction of sp³-hybridized carbons (Fsp3) is 1.00. The van der Waals surface area contributed by atoms with Crippen molar-refractivity contribution in [3.63, 3.8) is 0 Å². The molecule has 0 aromatic carbocycles. The van der Waals surface area contributed by atoms with E-state index in [1.54, 1.807) is 0 Å². The van der Waals surface area contributed by atoms with E-state index in [1.165, 1.54) is 10.0 Å². The Bertz CT molecular complexity index is 182. The Morgan fingerprint density at radius 3 is 1.19 bits per heavy atom. The molecule has 2 aliphatic heterocycles. The van der Waals surface area contributed by atoms with Crippen molar-refractivity contribution in [3.8, 4) is 0 Å². The molecule has 0 unspecified atom stereocenters.